The molecule has 1 aliphatic heterocycles. The van der Waals surface area contributed by atoms with Gasteiger partial charge in [0.25, 0.3) is 5.91 Å². The molecule has 5 rings (SSSR count). The van der Waals surface area contributed by atoms with Gasteiger partial charge in [-0.1, -0.05) is 17.3 Å². The molecule has 0 aliphatic carbocycles. The van der Waals surface area contributed by atoms with E-state index in [1.165, 1.54) is 29.2 Å². The van der Waals surface area contributed by atoms with Crippen LogP contribution in [-0.2, 0) is 34.1 Å². The largest absolute Gasteiger partial charge is 0.390 e. The minimum atomic E-state index is -0.485. The smallest absolute Gasteiger partial charge is 0.281 e. The predicted molar refractivity (Wildman–Crippen MR) is 143 cm³/mol. The van der Waals surface area contributed by atoms with Gasteiger partial charge in [0.2, 0.25) is 0 Å². The summed E-state index contributed by atoms with van der Waals surface area (Å²) < 4.78 is 35.3. The van der Waals surface area contributed by atoms with E-state index in [1.807, 2.05) is 35.1 Å². The van der Waals surface area contributed by atoms with E-state index in [-0.39, 0.29) is 24.7 Å². The first-order valence-corrected chi connectivity index (χ1v) is 13.3. The van der Waals surface area contributed by atoms with Crippen LogP contribution >= 0.6 is 11.8 Å². The summed E-state index contributed by atoms with van der Waals surface area (Å²) in [7, 11) is 1.62. The van der Waals surface area contributed by atoms with Gasteiger partial charge < -0.3 is 14.1 Å². The second-order valence-electron chi connectivity index (χ2n) is 8.77. The van der Waals surface area contributed by atoms with E-state index in [4.69, 9.17) is 9.57 Å². The van der Waals surface area contributed by atoms with Crippen molar-refractivity contribution in [3.63, 3.8) is 0 Å². The van der Waals surface area contributed by atoms with Crippen LogP contribution in [0.4, 0.5) is 14.5 Å². The van der Waals surface area contributed by atoms with E-state index in [1.54, 1.807) is 31.0 Å². The Bertz CT molecular complexity index is 1500. The zero-order chi connectivity index (χ0) is 26.6. The number of carbonyl (C=O) groups is 1. The quantitative estimate of drug-likeness (QED) is 0.151. The Morgan fingerprint density at radius 2 is 1.79 bits per heavy atom. The SMILES string of the molecule is COCCCn1c(CN2C(=O)/C(=N/OCc3ccc(SC)cc3)c3cc(F)ccc32)nc2ccc(F)cc21. The van der Waals surface area contributed by atoms with E-state index in [0.29, 0.717) is 47.7 Å². The highest BCUT2D eigenvalue weighted by atomic mass is 32.2. The van der Waals surface area contributed by atoms with Crippen LogP contribution in [0.2, 0.25) is 0 Å². The molecule has 2 heterocycles. The lowest BCUT2D eigenvalue weighted by Gasteiger charge is -2.18. The van der Waals surface area contributed by atoms with Gasteiger partial charge in [0.15, 0.2) is 5.71 Å². The molecule has 10 heteroatoms. The van der Waals surface area contributed by atoms with E-state index in [2.05, 4.69) is 10.1 Å². The summed E-state index contributed by atoms with van der Waals surface area (Å²) in [5, 5.41) is 4.11. The molecule has 7 nitrogen and oxygen atoms in total. The van der Waals surface area contributed by atoms with Gasteiger partial charge in [-0.2, -0.15) is 0 Å². The van der Waals surface area contributed by atoms with E-state index in [0.717, 1.165) is 10.5 Å². The second-order valence-corrected chi connectivity index (χ2v) is 9.65. The van der Waals surface area contributed by atoms with Crippen molar-refractivity contribution in [2.45, 2.75) is 31.0 Å². The maximum Gasteiger partial charge on any atom is 0.281 e. The van der Waals surface area contributed by atoms with Crippen LogP contribution in [0.15, 0.2) is 70.7 Å². The number of hydrogen-bond acceptors (Lipinski definition) is 6. The zero-order valence-electron chi connectivity index (χ0n) is 21.0. The number of rotatable bonds is 10. The standard InChI is InChI=1S/C28H26F2N4O3S/c1-36-13-3-12-33-25-15-20(30)6-10-23(25)31-26(33)16-34-24-11-7-19(29)14-22(24)27(28(34)35)32-37-17-18-4-8-21(38-2)9-5-18/h4-11,14-15H,3,12-13,16-17H2,1-2H3/b32-27+. The molecule has 0 saturated carbocycles. The number of halogens is 2. The second kappa shape index (κ2) is 11.3. The topological polar surface area (TPSA) is 69.0 Å². The Morgan fingerprint density at radius 3 is 2.55 bits per heavy atom. The number of amides is 1. The number of carbonyl (C=O) groups excluding carboxylic acids is 1. The molecule has 38 heavy (non-hydrogen) atoms. The van der Waals surface area contributed by atoms with Crippen LogP contribution in [-0.4, -0.2) is 41.1 Å². The number of anilines is 1. The first-order chi connectivity index (χ1) is 18.5. The molecule has 0 bridgehead atoms. The van der Waals surface area contributed by atoms with Crippen molar-refractivity contribution in [3.8, 4) is 0 Å². The maximum atomic E-state index is 14.2. The van der Waals surface area contributed by atoms with Crippen molar-refractivity contribution >= 4 is 40.1 Å². The zero-order valence-corrected chi connectivity index (χ0v) is 21.8. The Balaban J connectivity index is 1.44. The van der Waals surface area contributed by atoms with Crippen LogP contribution in [0.25, 0.3) is 11.0 Å². The van der Waals surface area contributed by atoms with Gasteiger partial charge in [0.05, 0.1) is 23.3 Å². The van der Waals surface area contributed by atoms with Gasteiger partial charge in [-0.25, -0.2) is 13.8 Å². The monoisotopic (exact) mass is 536 g/mol. The Labute approximate surface area is 223 Å². The number of aromatic nitrogens is 2. The summed E-state index contributed by atoms with van der Waals surface area (Å²) in [4.78, 5) is 26.3. The highest BCUT2D eigenvalue weighted by Gasteiger charge is 2.36. The summed E-state index contributed by atoms with van der Waals surface area (Å²) in [6.07, 6.45) is 2.68. The van der Waals surface area contributed by atoms with E-state index < -0.39 is 11.7 Å². The Kier molecular flexibility index (Phi) is 7.71. The number of imidazole rings is 1. The number of methoxy groups -OCH3 is 1. The van der Waals surface area contributed by atoms with Crippen LogP contribution in [0, 0.1) is 11.6 Å². The maximum absolute atomic E-state index is 14.2. The highest BCUT2D eigenvalue weighted by Crippen LogP contribution is 2.32. The van der Waals surface area contributed by atoms with Gasteiger partial charge in [0, 0.05) is 30.7 Å². The van der Waals surface area contributed by atoms with Crippen LogP contribution in [0.5, 0.6) is 0 Å². The normalized spacial score (nSPS) is 14.1. The number of nitrogens with zero attached hydrogens (tertiary/aromatic N) is 4. The first-order valence-electron chi connectivity index (χ1n) is 12.1. The van der Waals surface area contributed by atoms with Gasteiger partial charge in [-0.05, 0) is 66.8 Å². The fraction of sp³-hybridized carbons (Fsp3) is 0.250. The highest BCUT2D eigenvalue weighted by molar-refractivity contribution is 7.98. The summed E-state index contributed by atoms with van der Waals surface area (Å²) in [5.74, 6) is -0.711. The molecule has 3 aromatic carbocycles. The third-order valence-electron chi connectivity index (χ3n) is 6.32. The van der Waals surface area contributed by atoms with E-state index in [9.17, 15) is 13.6 Å². The van der Waals surface area contributed by atoms with Gasteiger partial charge in [-0.3, -0.25) is 9.69 Å². The minimum absolute atomic E-state index is 0.0216. The van der Waals surface area contributed by atoms with Crippen molar-refractivity contribution in [1.29, 1.82) is 0 Å². The van der Waals surface area contributed by atoms with Crippen molar-refractivity contribution in [1.82, 2.24) is 9.55 Å². The number of aryl methyl sites for hydroxylation is 1. The molecule has 0 spiro atoms. The number of benzene rings is 3. The summed E-state index contributed by atoms with van der Waals surface area (Å²) >= 11 is 1.64. The fourth-order valence-corrected chi connectivity index (χ4v) is 4.86. The van der Waals surface area contributed by atoms with Crippen molar-refractivity contribution in [2.24, 2.45) is 5.16 Å². The predicted octanol–water partition coefficient (Wildman–Crippen LogP) is 5.54. The lowest BCUT2D eigenvalue weighted by atomic mass is 10.1. The van der Waals surface area contributed by atoms with Crippen LogP contribution in [0.3, 0.4) is 0 Å². The van der Waals surface area contributed by atoms with Gasteiger partial charge in [0.1, 0.15) is 24.1 Å². The van der Waals surface area contributed by atoms with Crippen molar-refractivity contribution < 1.29 is 23.1 Å². The number of fused-ring (bicyclic) bond motifs is 2. The molecule has 0 atom stereocenters. The average molecular weight is 537 g/mol. The molecular weight excluding hydrogens is 510 g/mol. The summed E-state index contributed by atoms with van der Waals surface area (Å²) in [6.45, 7) is 1.31. The molecule has 0 unspecified atom stereocenters. The van der Waals surface area contributed by atoms with E-state index >= 15 is 0 Å². The molecule has 0 fully saturated rings. The third-order valence-corrected chi connectivity index (χ3v) is 7.06. The van der Waals surface area contributed by atoms with Crippen molar-refractivity contribution in [2.75, 3.05) is 24.9 Å². The lowest BCUT2D eigenvalue weighted by molar-refractivity contribution is -0.112. The molecule has 1 amide bonds. The number of oxime groups is 1. The number of ether oxygens (including phenoxy) is 1. The van der Waals surface area contributed by atoms with Gasteiger partial charge >= 0.3 is 0 Å². The Hall–Kier alpha value is -3.76. The third kappa shape index (κ3) is 5.27. The van der Waals surface area contributed by atoms with Gasteiger partial charge in [-0.15, -0.1) is 11.8 Å². The fourth-order valence-electron chi connectivity index (χ4n) is 4.45. The molecular formula is C28H26F2N4O3S. The molecule has 0 saturated heterocycles. The molecule has 196 valence electrons. The average Bonchev–Trinajstić information content (AvgIpc) is 3.38. The molecule has 0 N–H and O–H groups in total. The first kappa shape index (κ1) is 25.9. The molecule has 0 radical (unpaired) electrons. The molecule has 1 aromatic heterocycles. The molecule has 1 aliphatic rings. The molecule has 4 aromatic rings. The number of thioether (sulfide) groups is 1. The van der Waals surface area contributed by atoms with Crippen LogP contribution < -0.4 is 4.90 Å². The van der Waals surface area contributed by atoms with Crippen molar-refractivity contribution in [3.05, 3.63) is 89.2 Å². The minimum Gasteiger partial charge on any atom is -0.390 e. The summed E-state index contributed by atoms with van der Waals surface area (Å²) in [5.41, 5.74) is 3.02. The lowest BCUT2D eigenvalue weighted by Crippen LogP contribution is -2.31. The summed E-state index contributed by atoms with van der Waals surface area (Å²) in [6, 6.07) is 16.3. The number of hydrogen-bond donors (Lipinski definition) is 0. The Morgan fingerprint density at radius 1 is 1.03 bits per heavy atom. The van der Waals surface area contributed by atoms with Crippen LogP contribution in [0.1, 0.15) is 23.4 Å².